The number of halogens is 1. The molecular weight excluding hydrogens is 465 g/mol. The van der Waals surface area contributed by atoms with E-state index in [1.165, 1.54) is 11.3 Å². The molecule has 1 aromatic heterocycles. The number of fused-ring (bicyclic) bond motifs is 1. The van der Waals surface area contributed by atoms with E-state index < -0.39 is 0 Å². The maximum atomic E-state index is 4.47. The summed E-state index contributed by atoms with van der Waals surface area (Å²) >= 11 is 0. The predicted molar refractivity (Wildman–Crippen MR) is 123 cm³/mol. The van der Waals surface area contributed by atoms with Crippen LogP contribution >= 0.6 is 24.0 Å². The fraction of sp³-hybridized carbons (Fsp3) is 0.450. The van der Waals surface area contributed by atoms with Gasteiger partial charge in [0.1, 0.15) is 11.6 Å². The van der Waals surface area contributed by atoms with Gasteiger partial charge in [-0.15, -0.1) is 24.0 Å². The molecule has 0 spiro atoms. The summed E-state index contributed by atoms with van der Waals surface area (Å²) in [6, 6.07) is 9.00. The van der Waals surface area contributed by atoms with Crippen LogP contribution < -0.4 is 15.5 Å². The second kappa shape index (κ2) is 9.40. The van der Waals surface area contributed by atoms with Crippen LogP contribution in [0.25, 0.3) is 0 Å². The summed E-state index contributed by atoms with van der Waals surface area (Å²) in [5.74, 6) is 2.76. The fourth-order valence-corrected chi connectivity index (χ4v) is 3.68. The molecule has 1 atom stereocenters. The number of nitrogens with zero attached hydrogens (tertiary/aromatic N) is 5. The molecule has 1 aromatic carbocycles. The van der Waals surface area contributed by atoms with Crippen LogP contribution in [0.2, 0.25) is 0 Å². The first-order chi connectivity index (χ1) is 13.2. The average molecular weight is 493 g/mol. The molecule has 0 aliphatic carbocycles. The third-order valence-electron chi connectivity index (χ3n) is 5.08. The Hall–Kier alpha value is -2.10. The third-order valence-corrected chi connectivity index (χ3v) is 5.08. The van der Waals surface area contributed by atoms with Crippen LogP contribution in [0.3, 0.4) is 0 Å². The number of guanidine groups is 1. The van der Waals surface area contributed by atoms with Gasteiger partial charge in [-0.1, -0.05) is 24.3 Å². The Labute approximate surface area is 183 Å². The first kappa shape index (κ1) is 20.6. The van der Waals surface area contributed by atoms with Crippen LogP contribution in [-0.4, -0.2) is 46.9 Å². The normalized spacial score (nSPS) is 18.6. The molecule has 2 aromatic rings. The zero-order valence-corrected chi connectivity index (χ0v) is 18.8. The quantitative estimate of drug-likeness (QED) is 0.296. The highest BCUT2D eigenvalue weighted by Crippen LogP contribution is 2.18. The summed E-state index contributed by atoms with van der Waals surface area (Å²) in [5.41, 5.74) is 2.52. The van der Waals surface area contributed by atoms with Crippen LogP contribution in [0.5, 0.6) is 0 Å². The van der Waals surface area contributed by atoms with Crippen molar-refractivity contribution in [2.45, 2.75) is 38.9 Å². The smallest absolute Gasteiger partial charge is 0.191 e. The molecule has 0 radical (unpaired) electrons. The Bertz CT molecular complexity index is 850. The van der Waals surface area contributed by atoms with Gasteiger partial charge < -0.3 is 15.5 Å². The van der Waals surface area contributed by atoms with E-state index in [9.17, 15) is 0 Å². The maximum absolute atomic E-state index is 4.47. The van der Waals surface area contributed by atoms with E-state index in [1.54, 1.807) is 0 Å². The SMILES string of the molecule is CN=C(NCc1cccc(N2CC=CC2)c1)NC1CCc2nc(C)nn2C1.I. The van der Waals surface area contributed by atoms with E-state index in [1.807, 2.05) is 18.7 Å². The Morgan fingerprint density at radius 1 is 1.29 bits per heavy atom. The summed E-state index contributed by atoms with van der Waals surface area (Å²) in [7, 11) is 1.82. The highest BCUT2D eigenvalue weighted by atomic mass is 127. The highest BCUT2D eigenvalue weighted by Gasteiger charge is 2.21. The summed E-state index contributed by atoms with van der Waals surface area (Å²) in [6.07, 6.45) is 6.41. The molecule has 2 aliphatic heterocycles. The molecule has 3 heterocycles. The number of hydrogen-bond acceptors (Lipinski definition) is 4. The van der Waals surface area contributed by atoms with E-state index in [0.29, 0.717) is 6.04 Å². The van der Waals surface area contributed by atoms with Crippen molar-refractivity contribution >= 4 is 35.6 Å². The van der Waals surface area contributed by atoms with Gasteiger partial charge in [0.25, 0.3) is 0 Å². The molecule has 2 N–H and O–H groups in total. The first-order valence-electron chi connectivity index (χ1n) is 9.57. The van der Waals surface area contributed by atoms with Crippen molar-refractivity contribution in [2.24, 2.45) is 4.99 Å². The van der Waals surface area contributed by atoms with Crippen LogP contribution in [0.4, 0.5) is 5.69 Å². The standard InChI is InChI=1S/C20H27N7.HI/c1-15-23-19-9-8-17(14-27(19)25-15)24-20(21-2)22-13-16-6-5-7-18(12-16)26-10-3-4-11-26;/h3-7,12,17H,8-11,13-14H2,1-2H3,(H2,21,22,24);1H. The minimum atomic E-state index is 0. The molecule has 7 nitrogen and oxygen atoms in total. The van der Waals surface area contributed by atoms with Gasteiger partial charge in [-0.3, -0.25) is 4.99 Å². The molecule has 8 heteroatoms. The fourth-order valence-electron chi connectivity index (χ4n) is 3.68. The van der Waals surface area contributed by atoms with E-state index in [4.69, 9.17) is 0 Å². The number of nitrogens with one attached hydrogen (secondary N) is 2. The lowest BCUT2D eigenvalue weighted by molar-refractivity contribution is 0.392. The number of anilines is 1. The van der Waals surface area contributed by atoms with E-state index in [-0.39, 0.29) is 24.0 Å². The lowest BCUT2D eigenvalue weighted by Crippen LogP contribution is -2.46. The minimum Gasteiger partial charge on any atom is -0.364 e. The largest absolute Gasteiger partial charge is 0.364 e. The summed E-state index contributed by atoms with van der Waals surface area (Å²) < 4.78 is 2.01. The molecule has 0 saturated heterocycles. The van der Waals surface area contributed by atoms with Gasteiger partial charge >= 0.3 is 0 Å². The zero-order chi connectivity index (χ0) is 18.6. The van der Waals surface area contributed by atoms with Crippen LogP contribution in [0, 0.1) is 6.92 Å². The Morgan fingerprint density at radius 2 is 2.11 bits per heavy atom. The molecule has 150 valence electrons. The number of rotatable bonds is 4. The predicted octanol–water partition coefficient (Wildman–Crippen LogP) is 2.26. The van der Waals surface area contributed by atoms with Crippen LogP contribution in [-0.2, 0) is 19.5 Å². The summed E-state index contributed by atoms with van der Waals surface area (Å²) in [4.78, 5) is 11.2. The van der Waals surface area contributed by atoms with Gasteiger partial charge in [0, 0.05) is 44.8 Å². The van der Waals surface area contributed by atoms with Crippen molar-refractivity contribution in [3.63, 3.8) is 0 Å². The number of benzene rings is 1. The average Bonchev–Trinajstić information content (AvgIpc) is 3.34. The molecule has 0 saturated carbocycles. The lowest BCUT2D eigenvalue weighted by Gasteiger charge is -2.25. The van der Waals surface area contributed by atoms with Crippen molar-refractivity contribution in [3.8, 4) is 0 Å². The summed E-state index contributed by atoms with van der Waals surface area (Å²) in [5, 5.41) is 11.4. The summed E-state index contributed by atoms with van der Waals surface area (Å²) in [6.45, 7) is 5.50. The van der Waals surface area contributed by atoms with Crippen molar-refractivity contribution in [3.05, 3.63) is 53.6 Å². The number of aliphatic imine (C=N–C) groups is 1. The first-order valence-corrected chi connectivity index (χ1v) is 9.57. The maximum Gasteiger partial charge on any atom is 0.191 e. The lowest BCUT2D eigenvalue weighted by atomic mass is 10.1. The molecule has 2 aliphatic rings. The molecule has 1 unspecified atom stereocenters. The second-order valence-electron chi connectivity index (χ2n) is 7.11. The second-order valence-corrected chi connectivity index (χ2v) is 7.11. The molecule has 28 heavy (non-hydrogen) atoms. The van der Waals surface area contributed by atoms with Crippen LogP contribution in [0.1, 0.15) is 23.6 Å². The monoisotopic (exact) mass is 493 g/mol. The molecule has 0 amide bonds. The molecular formula is C20H28IN7. The molecule has 0 fully saturated rings. The van der Waals surface area contributed by atoms with Gasteiger partial charge in [-0.25, -0.2) is 9.67 Å². The number of aryl methyl sites for hydroxylation is 2. The topological polar surface area (TPSA) is 70.4 Å². The van der Waals surface area contributed by atoms with Crippen molar-refractivity contribution in [2.75, 3.05) is 25.0 Å². The number of aromatic nitrogens is 3. The Kier molecular flexibility index (Phi) is 6.93. The molecule has 0 bridgehead atoms. The van der Waals surface area contributed by atoms with Gasteiger partial charge in [0.05, 0.1) is 6.54 Å². The van der Waals surface area contributed by atoms with E-state index in [0.717, 1.165) is 56.6 Å². The van der Waals surface area contributed by atoms with Crippen LogP contribution in [0.15, 0.2) is 41.4 Å². The van der Waals surface area contributed by atoms with Gasteiger partial charge in [-0.2, -0.15) is 5.10 Å². The van der Waals surface area contributed by atoms with Crippen molar-refractivity contribution in [1.29, 1.82) is 0 Å². The zero-order valence-electron chi connectivity index (χ0n) is 16.4. The molecule has 4 rings (SSSR count). The van der Waals surface area contributed by atoms with Crippen molar-refractivity contribution in [1.82, 2.24) is 25.4 Å². The van der Waals surface area contributed by atoms with Gasteiger partial charge in [-0.05, 0) is 31.0 Å². The Balaban J connectivity index is 0.00000225. The van der Waals surface area contributed by atoms with E-state index >= 15 is 0 Å². The number of hydrogen-bond donors (Lipinski definition) is 2. The Morgan fingerprint density at radius 3 is 2.89 bits per heavy atom. The minimum absolute atomic E-state index is 0. The third kappa shape index (κ3) is 4.84. The highest BCUT2D eigenvalue weighted by molar-refractivity contribution is 14.0. The van der Waals surface area contributed by atoms with Crippen molar-refractivity contribution < 1.29 is 0 Å². The van der Waals surface area contributed by atoms with Gasteiger partial charge in [0.2, 0.25) is 0 Å². The van der Waals surface area contributed by atoms with E-state index in [2.05, 4.69) is 67.0 Å². The van der Waals surface area contributed by atoms with Gasteiger partial charge in [0.15, 0.2) is 5.96 Å².